The number of primary amides is 1. The summed E-state index contributed by atoms with van der Waals surface area (Å²) in [5.74, 6) is -2.49. The average Bonchev–Trinajstić information content (AvgIpc) is 3.16. The fourth-order valence-electron chi connectivity index (χ4n) is 5.11. The fourth-order valence-corrected chi connectivity index (χ4v) is 5.11. The molecule has 0 bridgehead atoms. The van der Waals surface area contributed by atoms with Crippen molar-refractivity contribution < 1.29 is 27.2 Å². The number of carbonyl (C=O) groups is 2. The lowest BCUT2D eigenvalue weighted by Crippen LogP contribution is -2.17. The van der Waals surface area contributed by atoms with Crippen molar-refractivity contribution >= 4 is 29.1 Å². The normalized spacial score (nSPS) is 13.0. The highest BCUT2D eigenvalue weighted by atomic mass is 19.4. The zero-order valence-corrected chi connectivity index (χ0v) is 24.2. The molecule has 2 aromatic carbocycles. The summed E-state index contributed by atoms with van der Waals surface area (Å²) in [6.07, 6.45) is -4.04. The minimum absolute atomic E-state index is 0.00693. The first kappa shape index (κ1) is 29.7. The van der Waals surface area contributed by atoms with Crippen LogP contribution >= 0.6 is 0 Å². The molecule has 0 saturated heterocycles. The van der Waals surface area contributed by atoms with Crippen LogP contribution in [0.5, 0.6) is 0 Å². The number of nitrogens with one attached hydrogen (secondary N) is 2. The number of pyridine rings is 1. The molecule has 1 aliphatic rings. The molecule has 0 spiro atoms. The van der Waals surface area contributed by atoms with Crippen molar-refractivity contribution in [3.05, 3.63) is 87.4 Å². The third-order valence-corrected chi connectivity index (χ3v) is 7.42. The maximum Gasteiger partial charge on any atom is 0.416 e. The molecule has 0 aliphatic carbocycles. The van der Waals surface area contributed by atoms with Crippen LogP contribution in [-0.4, -0.2) is 26.6 Å². The Bertz CT molecular complexity index is 1790. The Kier molecular flexibility index (Phi) is 7.27. The standard InChI is InChI=1S/C31H30F4N6O2/c1-15-12-19(31(33,34)35)14-23(37-15)39-29(43)20-7-8-21(25(32)16(20)2)26-24(27(36)42)28-38-22-9-6-18(30(3,4)5)13-17(22)10-11-41(28)40-26/h6-9,12-14,38H,10-11H2,1-5H3,(H2,36,42)(H,37,39,43). The molecule has 0 radical (unpaired) electrons. The van der Waals surface area contributed by atoms with Crippen molar-refractivity contribution in [1.82, 2.24) is 14.8 Å². The molecule has 2 amide bonds. The van der Waals surface area contributed by atoms with Gasteiger partial charge in [0.05, 0.1) is 5.56 Å². The Morgan fingerprint density at radius 3 is 2.40 bits per heavy atom. The molecule has 2 aromatic heterocycles. The number of alkyl halides is 3. The number of hydrogen-bond donors (Lipinski definition) is 3. The number of nitrogens with zero attached hydrogens (tertiary/aromatic N) is 3. The molecular weight excluding hydrogens is 564 g/mol. The van der Waals surface area contributed by atoms with E-state index < -0.39 is 29.4 Å². The minimum atomic E-state index is -4.63. The number of anilines is 3. The summed E-state index contributed by atoms with van der Waals surface area (Å²) in [4.78, 5) is 29.6. The van der Waals surface area contributed by atoms with Crippen LogP contribution in [0.15, 0.2) is 42.5 Å². The van der Waals surface area contributed by atoms with E-state index in [1.807, 2.05) is 12.1 Å². The molecule has 3 heterocycles. The first-order chi connectivity index (χ1) is 20.0. The van der Waals surface area contributed by atoms with Gasteiger partial charge in [0.1, 0.15) is 28.7 Å². The second-order valence-electron chi connectivity index (χ2n) is 11.6. The first-order valence-electron chi connectivity index (χ1n) is 13.5. The number of aromatic nitrogens is 3. The van der Waals surface area contributed by atoms with Crippen LogP contribution in [0.4, 0.5) is 34.9 Å². The minimum Gasteiger partial charge on any atom is -0.365 e. The maximum absolute atomic E-state index is 15.8. The highest BCUT2D eigenvalue weighted by molar-refractivity contribution is 6.07. The van der Waals surface area contributed by atoms with Crippen molar-refractivity contribution in [2.75, 3.05) is 10.6 Å². The number of carbonyl (C=O) groups excluding carboxylic acids is 2. The first-order valence-corrected chi connectivity index (χ1v) is 13.5. The second kappa shape index (κ2) is 10.5. The zero-order chi connectivity index (χ0) is 31.4. The van der Waals surface area contributed by atoms with E-state index in [0.29, 0.717) is 24.8 Å². The summed E-state index contributed by atoms with van der Waals surface area (Å²) in [5.41, 5.74) is 7.50. The quantitative estimate of drug-likeness (QED) is 0.228. The Labute approximate surface area is 245 Å². The Morgan fingerprint density at radius 2 is 1.74 bits per heavy atom. The molecule has 8 nitrogen and oxygen atoms in total. The van der Waals surface area contributed by atoms with Gasteiger partial charge in [0.15, 0.2) is 0 Å². The molecule has 12 heteroatoms. The third-order valence-electron chi connectivity index (χ3n) is 7.42. The molecule has 43 heavy (non-hydrogen) atoms. The molecular formula is C31H30F4N6O2. The van der Waals surface area contributed by atoms with Crippen LogP contribution < -0.4 is 16.4 Å². The summed E-state index contributed by atoms with van der Waals surface area (Å²) < 4.78 is 57.1. The number of rotatable bonds is 4. The molecule has 0 unspecified atom stereocenters. The van der Waals surface area contributed by atoms with E-state index in [4.69, 9.17) is 5.73 Å². The average molecular weight is 595 g/mol. The monoisotopic (exact) mass is 594 g/mol. The van der Waals surface area contributed by atoms with Crippen molar-refractivity contribution in [1.29, 1.82) is 0 Å². The lowest BCUT2D eigenvalue weighted by molar-refractivity contribution is -0.137. The van der Waals surface area contributed by atoms with Crippen LogP contribution in [0.1, 0.15) is 69.4 Å². The second-order valence-corrected chi connectivity index (χ2v) is 11.6. The van der Waals surface area contributed by atoms with Crippen molar-refractivity contribution in [2.24, 2.45) is 5.73 Å². The van der Waals surface area contributed by atoms with Gasteiger partial charge in [0, 0.05) is 29.1 Å². The van der Waals surface area contributed by atoms with E-state index in [0.717, 1.165) is 22.9 Å². The van der Waals surface area contributed by atoms with E-state index >= 15 is 4.39 Å². The van der Waals surface area contributed by atoms with Gasteiger partial charge < -0.3 is 16.4 Å². The summed E-state index contributed by atoms with van der Waals surface area (Å²) in [5, 5.41) is 10.1. The predicted molar refractivity (Wildman–Crippen MR) is 155 cm³/mol. The Morgan fingerprint density at radius 1 is 1.02 bits per heavy atom. The van der Waals surface area contributed by atoms with Crippen LogP contribution in [0.25, 0.3) is 11.3 Å². The van der Waals surface area contributed by atoms with Crippen LogP contribution in [0, 0.1) is 19.7 Å². The molecule has 5 rings (SSSR count). The van der Waals surface area contributed by atoms with Gasteiger partial charge in [-0.3, -0.25) is 9.59 Å². The molecule has 0 fully saturated rings. The SMILES string of the molecule is Cc1cc(C(F)(F)F)cc(NC(=O)c2ccc(-c3nn4c(c3C(N)=O)Nc3ccc(C(C)(C)C)cc3CC4)c(F)c2C)n1. The Balaban J connectivity index is 1.50. The van der Waals surface area contributed by atoms with Crippen molar-refractivity contribution in [3.8, 4) is 11.3 Å². The summed E-state index contributed by atoms with van der Waals surface area (Å²) in [6.45, 7) is 9.48. The molecule has 224 valence electrons. The number of hydrogen-bond acceptors (Lipinski definition) is 5. The van der Waals surface area contributed by atoms with Gasteiger partial charge in [-0.25, -0.2) is 14.1 Å². The zero-order valence-electron chi connectivity index (χ0n) is 24.2. The van der Waals surface area contributed by atoms with E-state index in [2.05, 4.69) is 47.6 Å². The smallest absolute Gasteiger partial charge is 0.365 e. The van der Waals surface area contributed by atoms with Crippen LogP contribution in [0.2, 0.25) is 0 Å². The molecule has 0 atom stereocenters. The highest BCUT2D eigenvalue weighted by Gasteiger charge is 2.32. The van der Waals surface area contributed by atoms with Crippen LogP contribution in [0.3, 0.4) is 0 Å². The van der Waals surface area contributed by atoms with Gasteiger partial charge in [-0.2, -0.15) is 18.3 Å². The van der Waals surface area contributed by atoms with Crippen LogP contribution in [-0.2, 0) is 24.6 Å². The fraction of sp³-hybridized carbons (Fsp3) is 0.290. The van der Waals surface area contributed by atoms with Crippen molar-refractivity contribution in [3.63, 3.8) is 0 Å². The lowest BCUT2D eigenvalue weighted by Gasteiger charge is -2.21. The maximum atomic E-state index is 15.8. The molecule has 0 saturated carbocycles. The topological polar surface area (TPSA) is 115 Å². The van der Waals surface area contributed by atoms with E-state index in [9.17, 15) is 22.8 Å². The lowest BCUT2D eigenvalue weighted by atomic mass is 9.85. The number of halogens is 4. The van der Waals surface area contributed by atoms with Crippen molar-refractivity contribution in [2.45, 2.75) is 59.2 Å². The number of fused-ring (bicyclic) bond motifs is 2. The highest BCUT2D eigenvalue weighted by Crippen LogP contribution is 2.38. The van der Waals surface area contributed by atoms with E-state index in [-0.39, 0.29) is 44.9 Å². The van der Waals surface area contributed by atoms with E-state index in [1.54, 1.807) is 4.68 Å². The summed E-state index contributed by atoms with van der Waals surface area (Å²) >= 11 is 0. The Hall–Kier alpha value is -4.74. The third kappa shape index (κ3) is 5.69. The van der Waals surface area contributed by atoms with Gasteiger partial charge in [0.2, 0.25) is 0 Å². The molecule has 4 aromatic rings. The largest absolute Gasteiger partial charge is 0.416 e. The van der Waals surface area contributed by atoms with Gasteiger partial charge in [-0.05, 0) is 72.7 Å². The number of aryl methyl sites for hydroxylation is 3. The summed E-state index contributed by atoms with van der Waals surface area (Å²) in [7, 11) is 0. The number of nitrogens with two attached hydrogens (primary N) is 1. The van der Waals surface area contributed by atoms with Gasteiger partial charge >= 0.3 is 6.18 Å². The predicted octanol–water partition coefficient (Wildman–Crippen LogP) is 6.67. The molecule has 1 aliphatic heterocycles. The van der Waals surface area contributed by atoms with E-state index in [1.165, 1.54) is 26.0 Å². The van der Waals surface area contributed by atoms with Gasteiger partial charge in [-0.15, -0.1) is 0 Å². The summed E-state index contributed by atoms with van der Waals surface area (Å²) in [6, 6.07) is 10.2. The van der Waals surface area contributed by atoms with Gasteiger partial charge in [0.25, 0.3) is 11.8 Å². The molecule has 4 N–H and O–H groups in total. The number of benzene rings is 2. The van der Waals surface area contributed by atoms with Gasteiger partial charge in [-0.1, -0.05) is 32.9 Å². The number of amides is 2.